The molecule has 1 aliphatic carbocycles. The van der Waals surface area contributed by atoms with E-state index >= 15 is 0 Å². The second-order valence-electron chi connectivity index (χ2n) is 5.07. The first-order valence-electron chi connectivity index (χ1n) is 6.66. The third kappa shape index (κ3) is 4.17. The largest absolute Gasteiger partial charge is 0.363 e. The summed E-state index contributed by atoms with van der Waals surface area (Å²) in [6, 6.07) is 4.20. The number of thiophene rings is 1. The van der Waals surface area contributed by atoms with Crippen molar-refractivity contribution in [1.82, 2.24) is 15.0 Å². The van der Waals surface area contributed by atoms with E-state index in [1.165, 1.54) is 30.4 Å². The fourth-order valence-electron chi connectivity index (χ4n) is 1.91. The van der Waals surface area contributed by atoms with Gasteiger partial charge in [-0.05, 0) is 40.9 Å². The van der Waals surface area contributed by atoms with Crippen LogP contribution >= 0.6 is 27.3 Å². The van der Waals surface area contributed by atoms with Gasteiger partial charge in [0, 0.05) is 45.8 Å². The lowest BCUT2D eigenvalue weighted by Gasteiger charge is -2.03. The average molecular weight is 390 g/mol. The number of H-pyrrole nitrogens is 1. The zero-order chi connectivity index (χ0) is 14.9. The first-order valence-corrected chi connectivity index (χ1v) is 9.82. The van der Waals surface area contributed by atoms with Crippen molar-refractivity contribution >= 4 is 37.3 Å². The summed E-state index contributed by atoms with van der Waals surface area (Å²) in [5, 5.41) is 5.28. The van der Waals surface area contributed by atoms with Gasteiger partial charge in [0.2, 0.25) is 10.0 Å². The van der Waals surface area contributed by atoms with Crippen LogP contribution in [-0.4, -0.2) is 19.4 Å². The first kappa shape index (κ1) is 15.2. The fourth-order valence-corrected chi connectivity index (χ4v) is 4.42. The molecule has 2 heterocycles. The molecule has 0 unspecified atom stereocenters. The van der Waals surface area contributed by atoms with Gasteiger partial charge in [0.15, 0.2) is 0 Å². The summed E-state index contributed by atoms with van der Waals surface area (Å²) in [4.78, 5) is 4.26. The van der Waals surface area contributed by atoms with E-state index in [4.69, 9.17) is 0 Å². The number of aromatic amines is 1. The molecule has 0 radical (unpaired) electrons. The predicted molar refractivity (Wildman–Crippen MR) is 86.7 cm³/mol. The second-order valence-corrected chi connectivity index (χ2v) is 8.75. The second kappa shape index (κ2) is 6.21. The number of rotatable bonds is 7. The molecule has 2 aromatic rings. The molecule has 0 spiro atoms. The van der Waals surface area contributed by atoms with Gasteiger partial charge in [-0.2, -0.15) is 0 Å². The van der Waals surface area contributed by atoms with E-state index in [0.29, 0.717) is 19.1 Å². The zero-order valence-electron chi connectivity index (χ0n) is 11.2. The number of sulfonamides is 1. The van der Waals surface area contributed by atoms with Crippen LogP contribution in [0.25, 0.3) is 0 Å². The van der Waals surface area contributed by atoms with Gasteiger partial charge < -0.3 is 10.3 Å². The summed E-state index contributed by atoms with van der Waals surface area (Å²) in [7, 11) is -3.47. The Balaban J connectivity index is 1.60. The van der Waals surface area contributed by atoms with Gasteiger partial charge in [0.05, 0.1) is 4.90 Å². The Morgan fingerprint density at radius 1 is 1.33 bits per heavy atom. The molecular formula is C13H16BrN3O2S2. The molecule has 1 fully saturated rings. The van der Waals surface area contributed by atoms with Crippen molar-refractivity contribution in [1.29, 1.82) is 0 Å². The lowest BCUT2D eigenvalue weighted by atomic mass is 10.4. The molecule has 2 aromatic heterocycles. The lowest BCUT2D eigenvalue weighted by Crippen LogP contribution is -2.22. The number of aromatic nitrogens is 1. The Morgan fingerprint density at radius 3 is 2.81 bits per heavy atom. The molecule has 0 bridgehead atoms. The van der Waals surface area contributed by atoms with Crippen LogP contribution in [-0.2, 0) is 23.1 Å². The highest BCUT2D eigenvalue weighted by Crippen LogP contribution is 2.21. The zero-order valence-corrected chi connectivity index (χ0v) is 14.4. The minimum atomic E-state index is -3.47. The molecule has 0 aliphatic heterocycles. The summed E-state index contributed by atoms with van der Waals surface area (Å²) in [6.45, 7) is 0.984. The van der Waals surface area contributed by atoms with Gasteiger partial charge in [-0.3, -0.25) is 0 Å². The molecule has 21 heavy (non-hydrogen) atoms. The molecule has 114 valence electrons. The highest BCUT2D eigenvalue weighted by molar-refractivity contribution is 9.10. The summed E-state index contributed by atoms with van der Waals surface area (Å²) < 4.78 is 28.0. The molecule has 0 aromatic carbocycles. The third-order valence-electron chi connectivity index (χ3n) is 3.24. The van der Waals surface area contributed by atoms with Crippen LogP contribution < -0.4 is 10.0 Å². The van der Waals surface area contributed by atoms with Gasteiger partial charge in [-0.1, -0.05) is 0 Å². The molecule has 0 saturated heterocycles. The van der Waals surface area contributed by atoms with Gasteiger partial charge in [0.25, 0.3) is 0 Å². The van der Waals surface area contributed by atoms with Crippen LogP contribution in [0.2, 0.25) is 0 Å². The van der Waals surface area contributed by atoms with Crippen LogP contribution in [0.1, 0.15) is 23.4 Å². The average Bonchev–Trinajstić information content (AvgIpc) is 2.97. The van der Waals surface area contributed by atoms with E-state index < -0.39 is 10.0 Å². The number of hydrogen-bond donors (Lipinski definition) is 3. The topological polar surface area (TPSA) is 74.0 Å². The highest BCUT2D eigenvalue weighted by Gasteiger charge is 2.21. The molecule has 0 amide bonds. The van der Waals surface area contributed by atoms with Gasteiger partial charge in [-0.15, -0.1) is 11.3 Å². The van der Waals surface area contributed by atoms with Crippen LogP contribution in [0.3, 0.4) is 0 Å². The smallest absolute Gasteiger partial charge is 0.242 e. The minimum Gasteiger partial charge on any atom is -0.363 e. The monoisotopic (exact) mass is 389 g/mol. The Bertz CT molecular complexity index is 719. The number of nitrogens with one attached hydrogen (secondary N) is 3. The van der Waals surface area contributed by atoms with Gasteiger partial charge in [-0.25, -0.2) is 13.1 Å². The maximum atomic E-state index is 12.2. The van der Waals surface area contributed by atoms with Gasteiger partial charge >= 0.3 is 0 Å². The van der Waals surface area contributed by atoms with E-state index in [1.807, 2.05) is 11.4 Å². The molecule has 3 N–H and O–H groups in total. The van der Waals surface area contributed by atoms with Crippen molar-refractivity contribution in [2.45, 2.75) is 36.9 Å². The van der Waals surface area contributed by atoms with Crippen molar-refractivity contribution in [2.75, 3.05) is 0 Å². The van der Waals surface area contributed by atoms with Crippen molar-refractivity contribution in [3.63, 3.8) is 0 Å². The van der Waals surface area contributed by atoms with Crippen LogP contribution in [0.4, 0.5) is 0 Å². The maximum Gasteiger partial charge on any atom is 0.242 e. The van der Waals surface area contributed by atoms with Crippen LogP contribution in [0, 0.1) is 0 Å². The molecule has 8 heteroatoms. The van der Waals surface area contributed by atoms with Crippen molar-refractivity contribution in [3.05, 3.63) is 38.8 Å². The van der Waals surface area contributed by atoms with Gasteiger partial charge in [0.1, 0.15) is 0 Å². The molecule has 1 saturated carbocycles. The third-order valence-corrected chi connectivity index (χ3v) is 6.32. The van der Waals surface area contributed by atoms with E-state index in [2.05, 4.69) is 31.0 Å². The maximum absolute atomic E-state index is 12.2. The molecular weight excluding hydrogens is 374 g/mol. The van der Waals surface area contributed by atoms with Crippen LogP contribution in [0.15, 0.2) is 33.1 Å². The fraction of sp³-hybridized carbons (Fsp3) is 0.385. The quantitative estimate of drug-likeness (QED) is 0.680. The summed E-state index contributed by atoms with van der Waals surface area (Å²) in [5.41, 5.74) is 0.890. The summed E-state index contributed by atoms with van der Waals surface area (Å²) in [6.07, 6.45) is 3.96. The number of halogens is 1. The van der Waals surface area contributed by atoms with Crippen molar-refractivity contribution in [2.24, 2.45) is 0 Å². The highest BCUT2D eigenvalue weighted by atomic mass is 79.9. The van der Waals surface area contributed by atoms with E-state index in [-0.39, 0.29) is 4.90 Å². The predicted octanol–water partition coefficient (Wildman–Crippen LogP) is 2.57. The summed E-state index contributed by atoms with van der Waals surface area (Å²) in [5.74, 6) is 0. The molecule has 3 rings (SSSR count). The Labute approximate surface area is 136 Å². The Morgan fingerprint density at radius 2 is 2.14 bits per heavy atom. The minimum absolute atomic E-state index is 0.283. The summed E-state index contributed by atoms with van der Waals surface area (Å²) >= 11 is 4.87. The molecule has 1 aliphatic rings. The van der Waals surface area contributed by atoms with E-state index in [9.17, 15) is 8.42 Å². The first-order chi connectivity index (χ1) is 10.0. The van der Waals surface area contributed by atoms with Crippen LogP contribution in [0.5, 0.6) is 0 Å². The molecule has 0 atom stereocenters. The van der Waals surface area contributed by atoms with Crippen molar-refractivity contribution < 1.29 is 8.42 Å². The molecule has 5 nitrogen and oxygen atoms in total. The Hall–Kier alpha value is -0.670. The van der Waals surface area contributed by atoms with E-state index in [0.717, 1.165) is 15.0 Å². The SMILES string of the molecule is O=S(=O)(NCc1cc(Br)cs1)c1c[nH]c(CNC2CC2)c1. The van der Waals surface area contributed by atoms with Crippen molar-refractivity contribution in [3.8, 4) is 0 Å². The lowest BCUT2D eigenvalue weighted by molar-refractivity contribution is 0.582. The normalized spacial score (nSPS) is 15.5. The Kier molecular flexibility index (Phi) is 4.51. The number of hydrogen-bond acceptors (Lipinski definition) is 4. The standard InChI is InChI=1S/C13H16BrN3O2S2/c14-9-3-12(20-8-9)6-17-21(18,19)13-4-11(16-7-13)5-15-10-1-2-10/h3-4,7-8,10,15-17H,1-2,5-6H2. The van der Waals surface area contributed by atoms with E-state index in [1.54, 1.807) is 6.07 Å².